The lowest BCUT2D eigenvalue weighted by atomic mass is 10.00. The average Bonchev–Trinajstić information content (AvgIpc) is 2.63. The average molecular weight is 371 g/mol. The Hall–Kier alpha value is -0.530. The van der Waals surface area contributed by atoms with E-state index in [9.17, 15) is 4.79 Å². The van der Waals surface area contributed by atoms with Gasteiger partial charge in [-0.1, -0.05) is 130 Å². The fraction of sp³-hybridized carbons (Fsp3) is 0.958. The number of hydrogen-bond donors (Lipinski definition) is 1. The van der Waals surface area contributed by atoms with Gasteiger partial charge in [-0.15, -0.1) is 0 Å². The maximum absolute atomic E-state index is 10.4. The van der Waals surface area contributed by atoms with Gasteiger partial charge in [0.05, 0.1) is 5.92 Å². The fourth-order valence-corrected chi connectivity index (χ4v) is 3.22. The summed E-state index contributed by atoms with van der Waals surface area (Å²) in [5.74, 6) is -0.754. The molecule has 0 fully saturated rings. The lowest BCUT2D eigenvalue weighted by Crippen LogP contribution is -2.11. The Kier molecular flexibility index (Phi) is 26.1. The summed E-state index contributed by atoms with van der Waals surface area (Å²) in [6.07, 6.45) is 24.1. The molecule has 0 radical (unpaired) electrons. The van der Waals surface area contributed by atoms with Gasteiger partial charge in [0, 0.05) is 0 Å². The van der Waals surface area contributed by atoms with Crippen molar-refractivity contribution >= 4 is 5.97 Å². The predicted octanol–water partition coefficient (Wildman–Crippen LogP) is 8.78. The van der Waals surface area contributed by atoms with Crippen LogP contribution in [0.4, 0.5) is 0 Å². The van der Waals surface area contributed by atoms with E-state index in [-0.39, 0.29) is 5.92 Å². The highest BCUT2D eigenvalue weighted by Crippen LogP contribution is 2.13. The molecule has 0 aromatic rings. The van der Waals surface area contributed by atoms with E-state index >= 15 is 0 Å². The Morgan fingerprint density at radius 3 is 1.12 bits per heavy atom. The van der Waals surface area contributed by atoms with Crippen molar-refractivity contribution in [2.24, 2.45) is 5.92 Å². The molecule has 158 valence electrons. The van der Waals surface area contributed by atoms with Crippen LogP contribution < -0.4 is 0 Å². The van der Waals surface area contributed by atoms with E-state index in [2.05, 4.69) is 20.8 Å². The highest BCUT2D eigenvalue weighted by Gasteiger charge is 2.12. The fourth-order valence-electron chi connectivity index (χ4n) is 3.22. The molecular formula is C24H50O2. The van der Waals surface area contributed by atoms with Crippen molar-refractivity contribution in [1.29, 1.82) is 0 Å². The number of carbonyl (C=O) groups is 1. The zero-order chi connectivity index (χ0) is 19.9. The van der Waals surface area contributed by atoms with E-state index < -0.39 is 5.97 Å². The summed E-state index contributed by atoms with van der Waals surface area (Å²) < 4.78 is 0. The van der Waals surface area contributed by atoms with Crippen molar-refractivity contribution in [2.75, 3.05) is 0 Å². The zero-order valence-electron chi connectivity index (χ0n) is 18.7. The molecule has 0 saturated carbocycles. The molecule has 0 aromatic carbocycles. The number of unbranched alkanes of at least 4 members (excludes halogenated alkanes) is 14. The second-order valence-corrected chi connectivity index (χ2v) is 7.83. The van der Waals surface area contributed by atoms with Crippen LogP contribution in [0.5, 0.6) is 0 Å². The number of carboxylic acids is 1. The molecule has 0 bridgehead atoms. The van der Waals surface area contributed by atoms with E-state index in [1.807, 2.05) is 6.92 Å². The van der Waals surface area contributed by atoms with Crippen LogP contribution in [0.1, 0.15) is 143 Å². The van der Waals surface area contributed by atoms with Gasteiger partial charge in [0.15, 0.2) is 0 Å². The SMILES string of the molecule is CCCCC(CC)C(=O)O.CCCCCCCCCCCCCCCC. The third-order valence-electron chi connectivity index (χ3n) is 5.21. The lowest BCUT2D eigenvalue weighted by Gasteiger charge is -2.06. The number of rotatable bonds is 18. The molecule has 2 nitrogen and oxygen atoms in total. The normalized spacial score (nSPS) is 11.7. The molecule has 0 saturated heterocycles. The van der Waals surface area contributed by atoms with Crippen LogP contribution >= 0.6 is 0 Å². The predicted molar refractivity (Wildman–Crippen MR) is 117 cm³/mol. The highest BCUT2D eigenvalue weighted by atomic mass is 16.4. The van der Waals surface area contributed by atoms with Crippen molar-refractivity contribution in [1.82, 2.24) is 0 Å². The summed E-state index contributed by atoms with van der Waals surface area (Å²) in [5, 5.41) is 8.60. The highest BCUT2D eigenvalue weighted by molar-refractivity contribution is 5.69. The van der Waals surface area contributed by atoms with Gasteiger partial charge in [-0.25, -0.2) is 0 Å². The van der Waals surface area contributed by atoms with Crippen molar-refractivity contribution in [3.05, 3.63) is 0 Å². The minimum Gasteiger partial charge on any atom is -0.481 e. The third-order valence-corrected chi connectivity index (χ3v) is 5.21. The first-order valence-electron chi connectivity index (χ1n) is 11.9. The molecule has 0 aliphatic heterocycles. The molecule has 0 spiro atoms. The molecule has 0 aromatic heterocycles. The van der Waals surface area contributed by atoms with Gasteiger partial charge in [-0.2, -0.15) is 0 Å². The van der Waals surface area contributed by atoms with Crippen LogP contribution in [0.2, 0.25) is 0 Å². The van der Waals surface area contributed by atoms with Crippen LogP contribution in [0.3, 0.4) is 0 Å². The quantitative estimate of drug-likeness (QED) is 0.245. The van der Waals surface area contributed by atoms with Crippen molar-refractivity contribution in [2.45, 2.75) is 143 Å². The third kappa shape index (κ3) is 23.5. The minimum absolute atomic E-state index is 0.111. The summed E-state index contributed by atoms with van der Waals surface area (Å²) in [6, 6.07) is 0. The van der Waals surface area contributed by atoms with E-state index in [1.54, 1.807) is 0 Å². The van der Waals surface area contributed by atoms with Crippen LogP contribution in [0, 0.1) is 5.92 Å². The maximum atomic E-state index is 10.4. The van der Waals surface area contributed by atoms with Gasteiger partial charge < -0.3 is 5.11 Å². The second-order valence-electron chi connectivity index (χ2n) is 7.83. The van der Waals surface area contributed by atoms with Crippen molar-refractivity contribution in [3.63, 3.8) is 0 Å². The molecule has 1 atom stereocenters. The molecule has 0 aliphatic rings. The molecule has 1 N–H and O–H groups in total. The van der Waals surface area contributed by atoms with E-state index in [0.29, 0.717) is 0 Å². The number of carboxylic acid groups (broad SMARTS) is 1. The smallest absolute Gasteiger partial charge is 0.306 e. The monoisotopic (exact) mass is 370 g/mol. The molecule has 0 aliphatic carbocycles. The first-order valence-corrected chi connectivity index (χ1v) is 11.9. The molecular weight excluding hydrogens is 320 g/mol. The van der Waals surface area contributed by atoms with Gasteiger partial charge in [-0.3, -0.25) is 4.79 Å². The van der Waals surface area contributed by atoms with Crippen LogP contribution in [-0.4, -0.2) is 11.1 Å². The molecule has 0 amide bonds. The van der Waals surface area contributed by atoms with Crippen LogP contribution in [0.25, 0.3) is 0 Å². The van der Waals surface area contributed by atoms with Gasteiger partial charge in [0.25, 0.3) is 0 Å². The molecule has 0 rings (SSSR count). The Morgan fingerprint density at radius 1 is 0.577 bits per heavy atom. The molecule has 0 heterocycles. The van der Waals surface area contributed by atoms with Crippen LogP contribution in [-0.2, 0) is 4.79 Å². The minimum atomic E-state index is -0.643. The first kappa shape index (κ1) is 27.7. The van der Waals surface area contributed by atoms with Gasteiger partial charge in [-0.05, 0) is 12.8 Å². The molecule has 26 heavy (non-hydrogen) atoms. The Morgan fingerprint density at radius 2 is 0.885 bits per heavy atom. The summed E-state index contributed by atoms with van der Waals surface area (Å²) in [6.45, 7) is 8.58. The van der Waals surface area contributed by atoms with Crippen molar-refractivity contribution < 1.29 is 9.90 Å². The molecule has 1 unspecified atom stereocenters. The largest absolute Gasteiger partial charge is 0.481 e. The summed E-state index contributed by atoms with van der Waals surface area (Å²) in [7, 11) is 0. The topological polar surface area (TPSA) is 37.3 Å². The molecule has 2 heteroatoms. The Labute approximate surface area is 165 Å². The number of aliphatic carboxylic acids is 1. The van der Waals surface area contributed by atoms with Gasteiger partial charge in [0.2, 0.25) is 0 Å². The number of hydrogen-bond acceptors (Lipinski definition) is 1. The first-order chi connectivity index (χ1) is 12.6. The maximum Gasteiger partial charge on any atom is 0.306 e. The van der Waals surface area contributed by atoms with E-state index in [0.717, 1.165) is 25.7 Å². The Bertz CT molecular complexity index is 249. The van der Waals surface area contributed by atoms with Gasteiger partial charge in [0.1, 0.15) is 0 Å². The summed E-state index contributed by atoms with van der Waals surface area (Å²) in [4.78, 5) is 10.4. The lowest BCUT2D eigenvalue weighted by molar-refractivity contribution is -0.142. The van der Waals surface area contributed by atoms with E-state index in [1.165, 1.54) is 89.9 Å². The zero-order valence-corrected chi connectivity index (χ0v) is 18.7. The van der Waals surface area contributed by atoms with E-state index in [4.69, 9.17) is 5.11 Å². The standard InChI is InChI=1S/C16H34.C8H16O2/c1-3-5-7-9-11-13-15-16-14-12-10-8-6-4-2;1-3-5-6-7(4-2)8(9)10/h3-16H2,1-2H3;7H,3-6H2,1-2H3,(H,9,10). The van der Waals surface area contributed by atoms with Crippen LogP contribution in [0.15, 0.2) is 0 Å². The Balaban J connectivity index is 0. The van der Waals surface area contributed by atoms with Crippen molar-refractivity contribution in [3.8, 4) is 0 Å². The summed E-state index contributed by atoms with van der Waals surface area (Å²) in [5.41, 5.74) is 0. The van der Waals surface area contributed by atoms with Gasteiger partial charge >= 0.3 is 5.97 Å². The second kappa shape index (κ2) is 24.5. The summed E-state index contributed by atoms with van der Waals surface area (Å²) >= 11 is 0.